The van der Waals surface area contributed by atoms with Crippen molar-refractivity contribution in [3.63, 3.8) is 0 Å². The van der Waals surface area contributed by atoms with Gasteiger partial charge in [0.15, 0.2) is 5.58 Å². The van der Waals surface area contributed by atoms with E-state index in [4.69, 9.17) is 8.83 Å². The van der Waals surface area contributed by atoms with Crippen LogP contribution in [-0.2, 0) is 0 Å². The normalized spacial score (nSPS) is 11.9. The maximum absolute atomic E-state index is 13.3. The van der Waals surface area contributed by atoms with Gasteiger partial charge < -0.3 is 8.83 Å². The molecule has 0 amide bonds. The maximum atomic E-state index is 13.3. The quantitative estimate of drug-likeness (QED) is 0.125. The molecular weight excluding hydrogens is 492 g/mol. The number of furan rings is 1. The molecule has 3 nitrogen and oxygen atoms in total. The molecule has 0 bridgehead atoms. The third kappa shape index (κ3) is 3.71. The number of hydrogen-bond donors (Lipinski definition) is 0. The molecule has 0 aliphatic heterocycles. The smallest absolute Gasteiger partial charge is 0.344 e. The van der Waals surface area contributed by atoms with E-state index in [1.807, 2.05) is 66.7 Å². The van der Waals surface area contributed by atoms with Gasteiger partial charge in [-0.3, -0.25) is 0 Å². The van der Waals surface area contributed by atoms with E-state index < -0.39 is 0 Å². The second-order valence-electron chi connectivity index (χ2n) is 9.76. The molecule has 7 rings (SSSR count). The van der Waals surface area contributed by atoms with Crippen LogP contribution in [0.25, 0.3) is 71.9 Å². The molecule has 3 heteroatoms. The fraction of sp³-hybridized carbons (Fsp3) is 0. The zero-order chi connectivity index (χ0) is 27.2. The van der Waals surface area contributed by atoms with Crippen LogP contribution in [0.15, 0.2) is 148 Å². The van der Waals surface area contributed by atoms with Crippen LogP contribution >= 0.6 is 0 Å². The lowest BCUT2D eigenvalue weighted by Gasteiger charge is -2.09. The monoisotopic (exact) mass is 516 g/mol. The Morgan fingerprint density at radius 3 is 2.08 bits per heavy atom. The van der Waals surface area contributed by atoms with E-state index in [0.717, 1.165) is 55.3 Å². The summed E-state index contributed by atoms with van der Waals surface area (Å²) >= 11 is 0. The molecule has 0 radical (unpaired) electrons. The SMILES string of the molecule is C=C/C=C(\C=C)c1cccc(-c2ccc3oc4c(-c5cccc(-c6ccccc6)c5)ccc5c(=O)oc2c3c45)c1. The van der Waals surface area contributed by atoms with Gasteiger partial charge in [-0.05, 0) is 69.8 Å². The standard InChI is InChI=1S/C37H24O3/c1-3-10-23(4-2)25-13-8-15-27(21-25)30-19-20-32-34-33-31(37(38)40-36(30)34)18-17-29(35(33)39-32)28-16-9-14-26(22-28)24-11-6-5-7-12-24/h3-22H,1-2H2/b23-10+. The van der Waals surface area contributed by atoms with Gasteiger partial charge in [-0.25, -0.2) is 4.79 Å². The predicted molar refractivity (Wildman–Crippen MR) is 166 cm³/mol. The molecular formula is C37H24O3. The van der Waals surface area contributed by atoms with Crippen LogP contribution in [0.3, 0.4) is 0 Å². The summed E-state index contributed by atoms with van der Waals surface area (Å²) in [6.45, 7) is 7.75. The van der Waals surface area contributed by atoms with Crippen LogP contribution in [0.1, 0.15) is 5.56 Å². The molecule has 0 unspecified atom stereocenters. The number of allylic oxidation sites excluding steroid dienone is 4. The molecule has 0 N–H and O–H groups in total. The summed E-state index contributed by atoms with van der Waals surface area (Å²) in [6.07, 6.45) is 5.47. The highest BCUT2D eigenvalue weighted by atomic mass is 16.4. The van der Waals surface area contributed by atoms with E-state index >= 15 is 0 Å². The minimum absolute atomic E-state index is 0.383. The van der Waals surface area contributed by atoms with Crippen molar-refractivity contribution in [3.05, 3.63) is 150 Å². The molecule has 2 heterocycles. The Balaban J connectivity index is 1.46. The molecule has 0 saturated heterocycles. The molecule has 7 aromatic rings. The van der Waals surface area contributed by atoms with Crippen LogP contribution in [0.5, 0.6) is 0 Å². The van der Waals surface area contributed by atoms with Gasteiger partial charge in [-0.15, -0.1) is 0 Å². The third-order valence-electron chi connectivity index (χ3n) is 7.46. The first-order valence-corrected chi connectivity index (χ1v) is 13.1. The van der Waals surface area contributed by atoms with Crippen molar-refractivity contribution in [1.82, 2.24) is 0 Å². The lowest BCUT2D eigenvalue weighted by molar-refractivity contribution is 0.571. The van der Waals surface area contributed by atoms with Gasteiger partial charge >= 0.3 is 5.63 Å². The fourth-order valence-corrected chi connectivity index (χ4v) is 5.58. The van der Waals surface area contributed by atoms with E-state index in [1.54, 1.807) is 12.2 Å². The van der Waals surface area contributed by atoms with Gasteiger partial charge in [-0.2, -0.15) is 0 Å². The number of rotatable bonds is 6. The Labute approximate surface area is 231 Å². The zero-order valence-corrected chi connectivity index (χ0v) is 21.7. The van der Waals surface area contributed by atoms with Gasteiger partial charge in [0, 0.05) is 16.5 Å². The summed E-state index contributed by atoms with van der Waals surface area (Å²) < 4.78 is 12.5. The van der Waals surface area contributed by atoms with Gasteiger partial charge in [0.1, 0.15) is 11.2 Å². The largest absolute Gasteiger partial charge is 0.455 e. The molecule has 190 valence electrons. The van der Waals surface area contributed by atoms with E-state index in [1.165, 1.54) is 0 Å². The van der Waals surface area contributed by atoms with Crippen LogP contribution in [-0.4, -0.2) is 0 Å². The Kier molecular flexibility index (Phi) is 5.57. The van der Waals surface area contributed by atoms with Crippen molar-refractivity contribution in [3.8, 4) is 33.4 Å². The van der Waals surface area contributed by atoms with E-state index in [0.29, 0.717) is 22.1 Å². The maximum Gasteiger partial charge on any atom is 0.344 e. The second-order valence-corrected chi connectivity index (χ2v) is 9.76. The van der Waals surface area contributed by atoms with Crippen LogP contribution in [0, 0.1) is 0 Å². The summed E-state index contributed by atoms with van der Waals surface area (Å²) in [5.74, 6) is 0. The molecule has 0 atom stereocenters. The summed E-state index contributed by atoms with van der Waals surface area (Å²) in [4.78, 5) is 13.3. The summed E-state index contributed by atoms with van der Waals surface area (Å²) in [5.41, 5.74) is 9.44. The molecule has 0 aliphatic rings. The first kappa shape index (κ1) is 23.7. The van der Waals surface area contributed by atoms with Crippen molar-refractivity contribution >= 4 is 38.5 Å². The molecule has 5 aromatic carbocycles. The fourth-order valence-electron chi connectivity index (χ4n) is 5.58. The first-order valence-electron chi connectivity index (χ1n) is 13.1. The first-order chi connectivity index (χ1) is 19.7. The Morgan fingerprint density at radius 1 is 0.625 bits per heavy atom. The third-order valence-corrected chi connectivity index (χ3v) is 7.46. The molecule has 2 aromatic heterocycles. The summed E-state index contributed by atoms with van der Waals surface area (Å²) in [5, 5.41) is 2.12. The van der Waals surface area contributed by atoms with Gasteiger partial charge in [0.2, 0.25) is 0 Å². The molecule has 0 spiro atoms. The molecule has 0 saturated carbocycles. The minimum atomic E-state index is -0.383. The van der Waals surface area contributed by atoms with Crippen LogP contribution in [0.2, 0.25) is 0 Å². The van der Waals surface area contributed by atoms with E-state index in [9.17, 15) is 4.79 Å². The number of hydrogen-bond acceptors (Lipinski definition) is 3. The number of benzene rings is 5. The lowest BCUT2D eigenvalue weighted by atomic mass is 9.94. The predicted octanol–water partition coefficient (Wildman–Crippen LogP) is 9.89. The van der Waals surface area contributed by atoms with Crippen molar-refractivity contribution in [2.24, 2.45) is 0 Å². The Bertz CT molecular complexity index is 2160. The topological polar surface area (TPSA) is 43.4 Å². The average Bonchev–Trinajstić information content (AvgIpc) is 3.40. The van der Waals surface area contributed by atoms with E-state index in [-0.39, 0.29) is 5.63 Å². The van der Waals surface area contributed by atoms with Crippen LogP contribution in [0.4, 0.5) is 0 Å². The zero-order valence-electron chi connectivity index (χ0n) is 21.7. The van der Waals surface area contributed by atoms with Crippen molar-refractivity contribution in [2.75, 3.05) is 0 Å². The van der Waals surface area contributed by atoms with Gasteiger partial charge in [0.25, 0.3) is 0 Å². The second kappa shape index (κ2) is 9.40. The average molecular weight is 517 g/mol. The van der Waals surface area contributed by atoms with Crippen molar-refractivity contribution in [1.29, 1.82) is 0 Å². The van der Waals surface area contributed by atoms with Crippen molar-refractivity contribution in [2.45, 2.75) is 0 Å². The summed E-state index contributed by atoms with van der Waals surface area (Å²) in [6, 6.07) is 34.5. The van der Waals surface area contributed by atoms with Gasteiger partial charge in [-0.1, -0.05) is 98.1 Å². The highest BCUT2D eigenvalue weighted by Gasteiger charge is 2.23. The Hall–Kier alpha value is -5.41. The minimum Gasteiger partial charge on any atom is -0.455 e. The van der Waals surface area contributed by atoms with Gasteiger partial charge in [0.05, 0.1) is 10.8 Å². The molecule has 0 fully saturated rings. The van der Waals surface area contributed by atoms with Crippen molar-refractivity contribution < 1.29 is 8.83 Å². The highest BCUT2D eigenvalue weighted by molar-refractivity contribution is 6.24. The molecule has 0 aliphatic carbocycles. The van der Waals surface area contributed by atoms with Crippen LogP contribution < -0.4 is 5.63 Å². The summed E-state index contributed by atoms with van der Waals surface area (Å²) in [7, 11) is 0. The molecule has 40 heavy (non-hydrogen) atoms. The lowest BCUT2D eigenvalue weighted by Crippen LogP contribution is -2.00. The Morgan fingerprint density at radius 2 is 1.30 bits per heavy atom. The van der Waals surface area contributed by atoms with E-state index in [2.05, 4.69) is 55.6 Å². The highest BCUT2D eigenvalue weighted by Crippen LogP contribution is 2.43.